The highest BCUT2D eigenvalue weighted by molar-refractivity contribution is 5.99. The van der Waals surface area contributed by atoms with Crippen molar-refractivity contribution in [1.82, 2.24) is 24.6 Å². The lowest BCUT2D eigenvalue weighted by atomic mass is 9.89. The monoisotopic (exact) mass is 664 g/mol. The first kappa shape index (κ1) is 35.0. The van der Waals surface area contributed by atoms with Gasteiger partial charge in [-0.3, -0.25) is 9.48 Å². The number of likely N-dealkylation sites (tertiary alicyclic amines) is 1. The molecule has 0 bridgehead atoms. The first-order valence-corrected chi connectivity index (χ1v) is 16.2. The summed E-state index contributed by atoms with van der Waals surface area (Å²) in [6.07, 6.45) is -0.874. The minimum absolute atomic E-state index is 0.146. The third-order valence-electron chi connectivity index (χ3n) is 8.56. The number of rotatable bonds is 14. The standard InChI is InChI=1S/C36H43F3N6O3/c1-4-9-28-22-29-32(12-8-13-33(29)45(28)25-36(37,38)39)41-31-14-16-43(3)23-27(31)15-18-47-20-21-48-19-17-44-24-30(35(46)40-2)34(42-44)26-10-6-5-7-11-26/h5-8,10-13,22,24,27,31,41H,14-21,23,25H2,1-3H3,(H,40,46)/t27-,31-/m0/s1. The largest absolute Gasteiger partial charge is 0.406 e. The van der Waals surface area contributed by atoms with Crippen LogP contribution in [0.2, 0.25) is 0 Å². The van der Waals surface area contributed by atoms with Gasteiger partial charge in [0.05, 0.1) is 43.1 Å². The Hall–Kier alpha value is -4.31. The predicted molar refractivity (Wildman–Crippen MR) is 181 cm³/mol. The molecule has 0 radical (unpaired) electrons. The van der Waals surface area contributed by atoms with Crippen molar-refractivity contribution in [2.45, 2.75) is 45.1 Å². The molecule has 5 rings (SSSR count). The average molecular weight is 665 g/mol. The molecule has 2 N–H and O–H groups in total. The lowest BCUT2D eigenvalue weighted by Gasteiger charge is -2.38. The summed E-state index contributed by atoms with van der Waals surface area (Å²) in [5, 5.41) is 11.7. The van der Waals surface area contributed by atoms with Gasteiger partial charge in [0.15, 0.2) is 0 Å². The maximum absolute atomic E-state index is 13.4. The van der Waals surface area contributed by atoms with E-state index in [1.54, 1.807) is 43.0 Å². The van der Waals surface area contributed by atoms with E-state index < -0.39 is 12.7 Å². The minimum Gasteiger partial charge on any atom is -0.381 e. The molecule has 3 heterocycles. The Labute approximate surface area is 279 Å². The number of piperidine rings is 1. The number of alkyl halides is 3. The van der Waals surface area contributed by atoms with E-state index in [-0.39, 0.29) is 11.9 Å². The van der Waals surface area contributed by atoms with E-state index in [2.05, 4.69) is 39.5 Å². The van der Waals surface area contributed by atoms with Crippen LogP contribution in [0.5, 0.6) is 0 Å². The number of hydrogen-bond acceptors (Lipinski definition) is 6. The van der Waals surface area contributed by atoms with Crippen molar-refractivity contribution in [3.63, 3.8) is 0 Å². The topological polar surface area (TPSA) is 85.6 Å². The lowest BCUT2D eigenvalue weighted by molar-refractivity contribution is -0.140. The number of benzene rings is 2. The number of hydrogen-bond donors (Lipinski definition) is 2. The van der Waals surface area contributed by atoms with Crippen LogP contribution in [-0.4, -0.2) is 91.0 Å². The Morgan fingerprint density at radius 3 is 2.56 bits per heavy atom. The molecule has 4 aromatic rings. The van der Waals surface area contributed by atoms with Gasteiger partial charge in [0.25, 0.3) is 5.91 Å². The van der Waals surface area contributed by atoms with Gasteiger partial charge in [-0.1, -0.05) is 42.3 Å². The van der Waals surface area contributed by atoms with Gasteiger partial charge in [-0.05, 0) is 63.4 Å². The molecule has 9 nitrogen and oxygen atoms in total. The zero-order chi connectivity index (χ0) is 34.1. The number of anilines is 1. The van der Waals surface area contributed by atoms with Gasteiger partial charge < -0.3 is 29.6 Å². The summed E-state index contributed by atoms with van der Waals surface area (Å²) < 4.78 is 55.0. The van der Waals surface area contributed by atoms with E-state index >= 15 is 0 Å². The van der Waals surface area contributed by atoms with E-state index in [9.17, 15) is 18.0 Å². The SMILES string of the molecule is CC#Cc1cc2c(N[C@H]3CCN(C)C[C@@H]3CCOCCOCCn3cc(C(=O)NC)c(-c4ccccc4)n3)cccc2n1CC(F)(F)F. The molecule has 48 heavy (non-hydrogen) atoms. The fourth-order valence-corrected chi connectivity index (χ4v) is 6.25. The molecule has 1 amide bonds. The summed E-state index contributed by atoms with van der Waals surface area (Å²) in [6, 6.07) is 16.9. The number of carbonyl (C=O) groups excluding carboxylic acids is 1. The molecule has 1 fully saturated rings. The van der Waals surface area contributed by atoms with Crippen LogP contribution in [0.25, 0.3) is 22.2 Å². The molecule has 1 aliphatic rings. The smallest absolute Gasteiger partial charge is 0.381 e. The number of halogens is 3. The van der Waals surface area contributed by atoms with Crippen LogP contribution in [0.3, 0.4) is 0 Å². The molecule has 0 spiro atoms. The quantitative estimate of drug-likeness (QED) is 0.134. The molecular weight excluding hydrogens is 621 g/mol. The molecule has 2 aromatic carbocycles. The molecule has 0 unspecified atom stereocenters. The second-order valence-electron chi connectivity index (χ2n) is 12.0. The highest BCUT2D eigenvalue weighted by atomic mass is 19.4. The van der Waals surface area contributed by atoms with Gasteiger partial charge in [-0.2, -0.15) is 18.3 Å². The van der Waals surface area contributed by atoms with Gasteiger partial charge in [-0.15, -0.1) is 0 Å². The maximum atomic E-state index is 13.4. The average Bonchev–Trinajstić information content (AvgIpc) is 3.65. The summed E-state index contributed by atoms with van der Waals surface area (Å²) in [5.41, 5.74) is 3.70. The van der Waals surface area contributed by atoms with E-state index in [0.29, 0.717) is 61.4 Å². The van der Waals surface area contributed by atoms with Crippen molar-refractivity contribution in [2.75, 3.05) is 58.9 Å². The summed E-state index contributed by atoms with van der Waals surface area (Å²) in [7, 11) is 3.70. The van der Waals surface area contributed by atoms with E-state index in [1.807, 2.05) is 36.4 Å². The first-order chi connectivity index (χ1) is 23.2. The highest BCUT2D eigenvalue weighted by Gasteiger charge is 2.31. The van der Waals surface area contributed by atoms with Gasteiger partial charge in [0, 0.05) is 49.1 Å². The van der Waals surface area contributed by atoms with Crippen molar-refractivity contribution >= 4 is 22.5 Å². The second-order valence-corrected chi connectivity index (χ2v) is 12.0. The van der Waals surface area contributed by atoms with Gasteiger partial charge in [-0.25, -0.2) is 0 Å². The molecule has 12 heteroatoms. The molecule has 2 aromatic heterocycles. The Kier molecular flexibility index (Phi) is 11.8. The number of ether oxygens (including phenoxy) is 2. The third kappa shape index (κ3) is 8.98. The Morgan fingerprint density at radius 1 is 1.06 bits per heavy atom. The Bertz CT molecular complexity index is 1720. The lowest BCUT2D eigenvalue weighted by Crippen LogP contribution is -2.45. The Balaban J connectivity index is 1.11. The molecule has 0 saturated carbocycles. The van der Waals surface area contributed by atoms with Crippen LogP contribution in [0, 0.1) is 17.8 Å². The van der Waals surface area contributed by atoms with Crippen LogP contribution in [0.4, 0.5) is 18.9 Å². The number of nitrogens with zero attached hydrogens (tertiary/aromatic N) is 4. The highest BCUT2D eigenvalue weighted by Crippen LogP contribution is 2.32. The molecule has 1 aliphatic heterocycles. The number of nitrogens with one attached hydrogen (secondary N) is 2. The zero-order valence-electron chi connectivity index (χ0n) is 27.6. The normalized spacial score (nSPS) is 16.9. The summed E-state index contributed by atoms with van der Waals surface area (Å²) >= 11 is 0. The van der Waals surface area contributed by atoms with Crippen molar-refractivity contribution < 1.29 is 27.4 Å². The number of aromatic nitrogens is 3. The van der Waals surface area contributed by atoms with E-state index in [1.165, 1.54) is 4.57 Å². The second kappa shape index (κ2) is 16.2. The fourth-order valence-electron chi connectivity index (χ4n) is 6.25. The van der Waals surface area contributed by atoms with Crippen LogP contribution < -0.4 is 10.6 Å². The van der Waals surface area contributed by atoms with Gasteiger partial charge in [0.1, 0.15) is 12.2 Å². The Morgan fingerprint density at radius 2 is 1.83 bits per heavy atom. The summed E-state index contributed by atoms with van der Waals surface area (Å²) in [6.45, 7) is 4.73. The molecule has 0 aliphatic carbocycles. The maximum Gasteiger partial charge on any atom is 0.406 e. The molecular formula is C36H43F3N6O3. The first-order valence-electron chi connectivity index (χ1n) is 16.2. The van der Waals surface area contributed by atoms with Crippen molar-refractivity contribution in [1.29, 1.82) is 0 Å². The number of amides is 1. The third-order valence-corrected chi connectivity index (χ3v) is 8.56. The van der Waals surface area contributed by atoms with Crippen LogP contribution >= 0.6 is 0 Å². The van der Waals surface area contributed by atoms with Crippen LogP contribution in [0.1, 0.15) is 35.8 Å². The fraction of sp³-hybridized carbons (Fsp3) is 0.444. The van der Waals surface area contributed by atoms with Crippen molar-refractivity contribution in [3.05, 3.63) is 72.1 Å². The van der Waals surface area contributed by atoms with Crippen molar-refractivity contribution in [2.24, 2.45) is 5.92 Å². The minimum atomic E-state index is -4.35. The van der Waals surface area contributed by atoms with Gasteiger partial charge >= 0.3 is 6.18 Å². The van der Waals surface area contributed by atoms with Crippen LogP contribution in [-0.2, 0) is 22.6 Å². The summed E-state index contributed by atoms with van der Waals surface area (Å²) in [4.78, 5) is 14.7. The number of fused-ring (bicyclic) bond motifs is 1. The summed E-state index contributed by atoms with van der Waals surface area (Å²) in [5.74, 6) is 5.69. The number of carbonyl (C=O) groups is 1. The molecule has 1 saturated heterocycles. The molecule has 256 valence electrons. The van der Waals surface area contributed by atoms with E-state index in [4.69, 9.17) is 9.47 Å². The van der Waals surface area contributed by atoms with Gasteiger partial charge in [0.2, 0.25) is 0 Å². The van der Waals surface area contributed by atoms with Crippen molar-refractivity contribution in [3.8, 4) is 23.1 Å². The predicted octanol–water partition coefficient (Wildman–Crippen LogP) is 5.65. The van der Waals surface area contributed by atoms with E-state index in [0.717, 1.165) is 42.6 Å². The molecule has 2 atom stereocenters. The van der Waals surface area contributed by atoms with Crippen LogP contribution in [0.15, 0.2) is 60.8 Å². The zero-order valence-corrected chi connectivity index (χ0v) is 27.6.